The molecule has 2 N–H and O–H groups in total. The number of rotatable bonds is 6. The van der Waals surface area contributed by atoms with E-state index in [2.05, 4.69) is 4.72 Å². The van der Waals surface area contributed by atoms with Gasteiger partial charge in [0.05, 0.1) is 7.11 Å². The molecule has 0 radical (unpaired) electrons. The molecule has 146 valence electrons. The number of methoxy groups -OCH3 is 1. The highest BCUT2D eigenvalue weighted by Crippen LogP contribution is 2.42. The predicted molar refractivity (Wildman–Crippen MR) is 107 cm³/mol. The van der Waals surface area contributed by atoms with Gasteiger partial charge < -0.3 is 14.6 Å². The summed E-state index contributed by atoms with van der Waals surface area (Å²) in [6, 6.07) is 15.4. The molecule has 0 bridgehead atoms. The molecular formula is C19H17NO6S2. The first-order valence-corrected chi connectivity index (χ1v) is 10.4. The Bertz CT molecular complexity index is 1110. The van der Waals surface area contributed by atoms with Crippen LogP contribution in [0.25, 0.3) is 10.4 Å². The SMILES string of the molecule is COc1cc(C)ccc1S(=O)(=O)Nc1cc(-c2ccccc2)sc1OC(=O)O. The Labute approximate surface area is 166 Å². The van der Waals surface area contributed by atoms with Gasteiger partial charge in [0.15, 0.2) is 0 Å². The van der Waals surface area contributed by atoms with E-state index in [0.717, 1.165) is 22.5 Å². The largest absolute Gasteiger partial charge is 0.512 e. The second-order valence-electron chi connectivity index (χ2n) is 5.81. The summed E-state index contributed by atoms with van der Waals surface area (Å²) in [7, 11) is -2.66. The van der Waals surface area contributed by atoms with Crippen molar-refractivity contribution in [3.63, 3.8) is 0 Å². The number of benzene rings is 2. The standard InChI is InChI=1S/C19H17NO6S2/c1-12-8-9-17(15(10-12)25-2)28(23,24)20-14-11-16(13-6-4-3-5-7-13)27-18(14)26-19(21)22/h3-11,20H,1-2H3,(H,21,22). The monoisotopic (exact) mass is 419 g/mol. The predicted octanol–water partition coefficient (Wildman–Crippen LogP) is 4.59. The van der Waals surface area contributed by atoms with Crippen LogP contribution in [-0.2, 0) is 10.0 Å². The van der Waals surface area contributed by atoms with Crippen molar-refractivity contribution in [1.82, 2.24) is 0 Å². The van der Waals surface area contributed by atoms with Crippen molar-refractivity contribution < 1.29 is 27.8 Å². The van der Waals surface area contributed by atoms with Gasteiger partial charge in [-0.2, -0.15) is 0 Å². The lowest BCUT2D eigenvalue weighted by molar-refractivity contribution is 0.146. The van der Waals surface area contributed by atoms with E-state index < -0.39 is 16.2 Å². The van der Waals surface area contributed by atoms with Crippen molar-refractivity contribution in [2.45, 2.75) is 11.8 Å². The van der Waals surface area contributed by atoms with Crippen molar-refractivity contribution in [2.75, 3.05) is 11.8 Å². The summed E-state index contributed by atoms with van der Waals surface area (Å²) < 4.78 is 38.1. The fraction of sp³-hybridized carbons (Fsp3) is 0.105. The first-order chi connectivity index (χ1) is 13.3. The zero-order valence-electron chi connectivity index (χ0n) is 15.0. The van der Waals surface area contributed by atoms with Crippen LogP contribution < -0.4 is 14.2 Å². The number of hydrogen-bond acceptors (Lipinski definition) is 6. The van der Waals surface area contributed by atoms with E-state index in [9.17, 15) is 13.2 Å². The summed E-state index contributed by atoms with van der Waals surface area (Å²) in [5.74, 6) is 0.187. The number of hydrogen-bond donors (Lipinski definition) is 2. The van der Waals surface area contributed by atoms with E-state index in [4.69, 9.17) is 14.6 Å². The second-order valence-corrected chi connectivity index (χ2v) is 8.47. The minimum absolute atomic E-state index is 0.0360. The summed E-state index contributed by atoms with van der Waals surface area (Å²) in [6.07, 6.45) is -1.53. The van der Waals surface area contributed by atoms with Gasteiger partial charge in [0, 0.05) is 4.88 Å². The lowest BCUT2D eigenvalue weighted by atomic mass is 10.2. The third-order valence-corrected chi connectivity index (χ3v) is 6.26. The number of carbonyl (C=O) groups is 1. The molecule has 0 fully saturated rings. The molecule has 2 aromatic carbocycles. The third kappa shape index (κ3) is 4.26. The summed E-state index contributed by atoms with van der Waals surface area (Å²) in [5, 5.41) is 8.92. The highest BCUT2D eigenvalue weighted by atomic mass is 32.2. The Morgan fingerprint density at radius 2 is 1.82 bits per heavy atom. The lowest BCUT2D eigenvalue weighted by Crippen LogP contribution is -2.15. The summed E-state index contributed by atoms with van der Waals surface area (Å²) >= 11 is 1.03. The Kier molecular flexibility index (Phi) is 5.57. The molecule has 7 nitrogen and oxygen atoms in total. The van der Waals surface area contributed by atoms with Crippen LogP contribution in [0.15, 0.2) is 59.5 Å². The molecule has 3 rings (SSSR count). The Balaban J connectivity index is 2.03. The first kappa shape index (κ1) is 19.7. The molecule has 0 aliphatic rings. The number of carboxylic acid groups (broad SMARTS) is 1. The Morgan fingerprint density at radius 1 is 1.11 bits per heavy atom. The van der Waals surface area contributed by atoms with Gasteiger partial charge in [0.1, 0.15) is 16.3 Å². The van der Waals surface area contributed by atoms with E-state index in [0.29, 0.717) is 4.88 Å². The summed E-state index contributed by atoms with van der Waals surface area (Å²) in [5.41, 5.74) is 1.68. The van der Waals surface area contributed by atoms with Crippen LogP contribution in [0.3, 0.4) is 0 Å². The smallest absolute Gasteiger partial charge is 0.495 e. The third-order valence-electron chi connectivity index (χ3n) is 3.79. The van der Waals surface area contributed by atoms with Crippen molar-refractivity contribution in [2.24, 2.45) is 0 Å². The number of aryl methyl sites for hydroxylation is 1. The van der Waals surface area contributed by atoms with Gasteiger partial charge in [0.2, 0.25) is 5.06 Å². The van der Waals surface area contributed by atoms with Crippen molar-refractivity contribution in [3.05, 3.63) is 60.2 Å². The van der Waals surface area contributed by atoms with Crippen LogP contribution in [-0.4, -0.2) is 26.8 Å². The molecule has 0 aliphatic carbocycles. The minimum atomic E-state index is -4.04. The molecule has 0 amide bonds. The first-order valence-electron chi connectivity index (χ1n) is 8.07. The molecule has 1 heterocycles. The van der Waals surface area contributed by atoms with Crippen LogP contribution in [0.5, 0.6) is 10.8 Å². The van der Waals surface area contributed by atoms with E-state index in [1.165, 1.54) is 19.2 Å². The van der Waals surface area contributed by atoms with Crippen molar-refractivity contribution in [3.8, 4) is 21.3 Å². The van der Waals surface area contributed by atoms with Crippen molar-refractivity contribution >= 4 is 33.2 Å². The number of ether oxygens (including phenoxy) is 2. The van der Waals surface area contributed by atoms with E-state index in [1.54, 1.807) is 12.1 Å². The summed E-state index contributed by atoms with van der Waals surface area (Å²) in [6.45, 7) is 1.82. The van der Waals surface area contributed by atoms with Gasteiger partial charge in [-0.1, -0.05) is 47.7 Å². The average Bonchev–Trinajstić information content (AvgIpc) is 3.03. The molecule has 0 saturated carbocycles. The topological polar surface area (TPSA) is 102 Å². The molecule has 0 unspecified atom stereocenters. The second kappa shape index (κ2) is 7.91. The molecule has 3 aromatic rings. The molecule has 0 spiro atoms. The molecule has 9 heteroatoms. The molecule has 0 atom stereocenters. The maximum atomic E-state index is 12.9. The zero-order chi connectivity index (χ0) is 20.3. The fourth-order valence-electron chi connectivity index (χ4n) is 2.54. The quantitative estimate of drug-likeness (QED) is 0.567. The highest BCUT2D eigenvalue weighted by molar-refractivity contribution is 7.92. The van der Waals surface area contributed by atoms with Crippen LogP contribution in [0.2, 0.25) is 0 Å². The zero-order valence-corrected chi connectivity index (χ0v) is 16.6. The van der Waals surface area contributed by atoms with Gasteiger partial charge in [0.25, 0.3) is 10.0 Å². The normalized spacial score (nSPS) is 11.1. The van der Waals surface area contributed by atoms with Gasteiger partial charge >= 0.3 is 6.16 Å². The Hall–Kier alpha value is -3.04. The van der Waals surface area contributed by atoms with Gasteiger partial charge in [-0.25, -0.2) is 13.2 Å². The number of thiophene rings is 1. The number of anilines is 1. The van der Waals surface area contributed by atoms with Gasteiger partial charge in [-0.3, -0.25) is 4.72 Å². The van der Waals surface area contributed by atoms with Gasteiger partial charge in [-0.15, -0.1) is 0 Å². The van der Waals surface area contributed by atoms with Gasteiger partial charge in [-0.05, 0) is 36.2 Å². The minimum Gasteiger partial charge on any atom is -0.495 e. The van der Waals surface area contributed by atoms with E-state index in [1.807, 2.05) is 37.3 Å². The van der Waals surface area contributed by atoms with E-state index in [-0.39, 0.29) is 21.4 Å². The lowest BCUT2D eigenvalue weighted by Gasteiger charge is -2.12. The fourth-order valence-corrected chi connectivity index (χ4v) is 4.78. The summed E-state index contributed by atoms with van der Waals surface area (Å²) in [4.78, 5) is 11.6. The van der Waals surface area contributed by atoms with Crippen LogP contribution >= 0.6 is 11.3 Å². The maximum absolute atomic E-state index is 12.9. The van der Waals surface area contributed by atoms with Crippen LogP contribution in [0.1, 0.15) is 5.56 Å². The highest BCUT2D eigenvalue weighted by Gasteiger charge is 2.24. The van der Waals surface area contributed by atoms with Crippen molar-refractivity contribution in [1.29, 1.82) is 0 Å². The van der Waals surface area contributed by atoms with E-state index >= 15 is 0 Å². The van der Waals surface area contributed by atoms with Crippen LogP contribution in [0.4, 0.5) is 10.5 Å². The van der Waals surface area contributed by atoms with Crippen LogP contribution in [0, 0.1) is 6.92 Å². The molecule has 28 heavy (non-hydrogen) atoms. The molecule has 1 aromatic heterocycles. The Morgan fingerprint density at radius 3 is 2.46 bits per heavy atom. The molecule has 0 saturated heterocycles. The molecular weight excluding hydrogens is 402 g/mol. The number of nitrogens with one attached hydrogen (secondary N) is 1. The number of sulfonamides is 1. The molecule has 0 aliphatic heterocycles. The maximum Gasteiger partial charge on any atom is 0.512 e. The average molecular weight is 419 g/mol.